The van der Waals surface area contributed by atoms with Gasteiger partial charge < -0.3 is 10.4 Å². The van der Waals surface area contributed by atoms with Crippen LogP contribution in [0.5, 0.6) is 0 Å². The van der Waals surface area contributed by atoms with Crippen LogP contribution in [0, 0.1) is 13.8 Å². The van der Waals surface area contributed by atoms with E-state index in [4.69, 9.17) is 5.11 Å². The molecule has 2 aromatic carbocycles. The Morgan fingerprint density at radius 1 is 0.950 bits per heavy atom. The van der Waals surface area contributed by atoms with Crippen molar-refractivity contribution in [1.82, 2.24) is 0 Å². The van der Waals surface area contributed by atoms with Gasteiger partial charge >= 0.3 is 5.97 Å². The van der Waals surface area contributed by atoms with Crippen molar-refractivity contribution in [1.29, 1.82) is 0 Å². The molecule has 0 aliphatic heterocycles. The molecule has 0 aliphatic carbocycles. The molecule has 0 atom stereocenters. The van der Waals surface area contributed by atoms with E-state index >= 15 is 0 Å². The lowest BCUT2D eigenvalue weighted by Crippen LogP contribution is -2.14. The number of aromatic carboxylic acids is 1. The Hall–Kier alpha value is -2.62. The van der Waals surface area contributed by atoms with Gasteiger partial charge in [0, 0.05) is 11.3 Å². The number of nitrogens with one attached hydrogen (secondary N) is 1. The number of rotatable bonds is 3. The third-order valence-electron chi connectivity index (χ3n) is 3.09. The second-order valence-electron chi connectivity index (χ2n) is 4.61. The summed E-state index contributed by atoms with van der Waals surface area (Å²) < 4.78 is 0. The van der Waals surface area contributed by atoms with E-state index in [2.05, 4.69) is 5.32 Å². The topological polar surface area (TPSA) is 66.4 Å². The Bertz CT molecular complexity index is 657. The number of para-hydroxylation sites is 1. The number of amides is 1. The first-order valence-electron chi connectivity index (χ1n) is 6.20. The quantitative estimate of drug-likeness (QED) is 0.898. The standard InChI is InChI=1S/C16H15NO3/c1-10-5-3-6-11(2)14(10)17-15(18)12-7-4-8-13(9-12)16(19)20/h3-9H,1-2H3,(H,17,18)(H,19,20). The van der Waals surface area contributed by atoms with Crippen molar-refractivity contribution in [2.24, 2.45) is 0 Å². The van der Waals surface area contributed by atoms with Crippen LogP contribution in [0.4, 0.5) is 5.69 Å². The molecule has 20 heavy (non-hydrogen) atoms. The first-order chi connectivity index (χ1) is 9.49. The van der Waals surface area contributed by atoms with E-state index in [1.807, 2.05) is 32.0 Å². The molecule has 0 fully saturated rings. The average Bonchev–Trinajstić information content (AvgIpc) is 2.43. The van der Waals surface area contributed by atoms with Gasteiger partial charge in [0.05, 0.1) is 5.56 Å². The molecule has 0 heterocycles. The smallest absolute Gasteiger partial charge is 0.335 e. The molecule has 4 nitrogen and oxygen atoms in total. The summed E-state index contributed by atoms with van der Waals surface area (Å²) in [5, 5.41) is 11.8. The Labute approximate surface area is 117 Å². The summed E-state index contributed by atoms with van der Waals surface area (Å²) in [6.45, 7) is 3.83. The third-order valence-corrected chi connectivity index (χ3v) is 3.09. The van der Waals surface area contributed by atoms with Crippen molar-refractivity contribution in [3.63, 3.8) is 0 Å². The van der Waals surface area contributed by atoms with Gasteiger partial charge in [-0.2, -0.15) is 0 Å². The fraction of sp³-hybridized carbons (Fsp3) is 0.125. The number of carboxylic acid groups (broad SMARTS) is 1. The second kappa shape index (κ2) is 5.57. The highest BCUT2D eigenvalue weighted by Gasteiger charge is 2.11. The average molecular weight is 269 g/mol. The fourth-order valence-electron chi connectivity index (χ4n) is 1.99. The lowest BCUT2D eigenvalue weighted by Gasteiger charge is -2.11. The molecular weight excluding hydrogens is 254 g/mol. The summed E-state index contributed by atoms with van der Waals surface area (Å²) in [7, 11) is 0. The second-order valence-corrected chi connectivity index (χ2v) is 4.61. The van der Waals surface area contributed by atoms with Crippen LogP contribution in [-0.4, -0.2) is 17.0 Å². The molecule has 2 N–H and O–H groups in total. The van der Waals surface area contributed by atoms with Crippen molar-refractivity contribution < 1.29 is 14.7 Å². The SMILES string of the molecule is Cc1cccc(C)c1NC(=O)c1cccc(C(=O)O)c1. The van der Waals surface area contributed by atoms with Gasteiger partial charge in [-0.25, -0.2) is 4.79 Å². The lowest BCUT2D eigenvalue weighted by molar-refractivity contribution is 0.0697. The highest BCUT2D eigenvalue weighted by atomic mass is 16.4. The molecule has 2 rings (SSSR count). The summed E-state index contributed by atoms with van der Waals surface area (Å²) in [6.07, 6.45) is 0. The highest BCUT2D eigenvalue weighted by Crippen LogP contribution is 2.20. The number of benzene rings is 2. The van der Waals surface area contributed by atoms with Crippen molar-refractivity contribution >= 4 is 17.6 Å². The summed E-state index contributed by atoms with van der Waals surface area (Å²) in [5.74, 6) is -1.36. The minimum atomic E-state index is -1.05. The Balaban J connectivity index is 2.29. The summed E-state index contributed by atoms with van der Waals surface area (Å²) in [4.78, 5) is 23.1. The molecule has 0 unspecified atom stereocenters. The minimum Gasteiger partial charge on any atom is -0.478 e. The summed E-state index contributed by atoms with van der Waals surface area (Å²) in [6, 6.07) is 11.7. The normalized spacial score (nSPS) is 10.1. The van der Waals surface area contributed by atoms with E-state index in [1.165, 1.54) is 12.1 Å². The maximum absolute atomic E-state index is 12.2. The molecule has 0 spiro atoms. The molecule has 2 aromatic rings. The highest BCUT2D eigenvalue weighted by molar-refractivity contribution is 6.06. The van der Waals surface area contributed by atoms with Crippen LogP contribution < -0.4 is 5.32 Å². The maximum atomic E-state index is 12.2. The van der Waals surface area contributed by atoms with Crippen LogP contribution in [0.1, 0.15) is 31.8 Å². The first-order valence-corrected chi connectivity index (χ1v) is 6.20. The van der Waals surface area contributed by atoms with Crippen LogP contribution in [0.25, 0.3) is 0 Å². The van der Waals surface area contributed by atoms with Crippen molar-refractivity contribution in [2.75, 3.05) is 5.32 Å². The first kappa shape index (κ1) is 13.8. The minimum absolute atomic E-state index is 0.0964. The number of anilines is 1. The van der Waals surface area contributed by atoms with E-state index < -0.39 is 5.97 Å². The van der Waals surface area contributed by atoms with E-state index in [9.17, 15) is 9.59 Å². The lowest BCUT2D eigenvalue weighted by atomic mass is 10.1. The van der Waals surface area contributed by atoms with Gasteiger partial charge in [0.25, 0.3) is 5.91 Å². The molecule has 0 saturated heterocycles. The van der Waals surface area contributed by atoms with E-state index in [-0.39, 0.29) is 11.5 Å². The van der Waals surface area contributed by atoms with E-state index in [0.717, 1.165) is 16.8 Å². The van der Waals surface area contributed by atoms with Gasteiger partial charge in [-0.05, 0) is 43.2 Å². The molecule has 1 amide bonds. The largest absolute Gasteiger partial charge is 0.478 e. The van der Waals surface area contributed by atoms with Crippen LogP contribution >= 0.6 is 0 Å². The van der Waals surface area contributed by atoms with Crippen molar-refractivity contribution in [3.05, 3.63) is 64.7 Å². The third kappa shape index (κ3) is 2.85. The number of hydrogen-bond acceptors (Lipinski definition) is 2. The molecule has 0 aliphatic rings. The van der Waals surface area contributed by atoms with Crippen LogP contribution in [-0.2, 0) is 0 Å². The van der Waals surface area contributed by atoms with Gasteiger partial charge in [0.1, 0.15) is 0 Å². The number of carbonyl (C=O) groups is 2. The predicted molar refractivity (Wildman–Crippen MR) is 77.3 cm³/mol. The van der Waals surface area contributed by atoms with E-state index in [0.29, 0.717) is 5.56 Å². The zero-order chi connectivity index (χ0) is 14.7. The summed E-state index contributed by atoms with van der Waals surface area (Å²) in [5.41, 5.74) is 3.12. The van der Waals surface area contributed by atoms with Gasteiger partial charge in [-0.1, -0.05) is 24.3 Å². The van der Waals surface area contributed by atoms with Gasteiger partial charge in [0.2, 0.25) is 0 Å². The predicted octanol–water partition coefficient (Wildman–Crippen LogP) is 3.25. The monoisotopic (exact) mass is 269 g/mol. The summed E-state index contributed by atoms with van der Waals surface area (Å²) >= 11 is 0. The van der Waals surface area contributed by atoms with Crippen LogP contribution in [0.2, 0.25) is 0 Å². The Morgan fingerprint density at radius 2 is 1.50 bits per heavy atom. The van der Waals surface area contributed by atoms with Crippen molar-refractivity contribution in [3.8, 4) is 0 Å². The number of carboxylic acids is 1. The van der Waals surface area contributed by atoms with Crippen LogP contribution in [0.15, 0.2) is 42.5 Å². The zero-order valence-corrected chi connectivity index (χ0v) is 11.3. The molecular formula is C16H15NO3. The van der Waals surface area contributed by atoms with Crippen molar-refractivity contribution in [2.45, 2.75) is 13.8 Å². The fourth-order valence-corrected chi connectivity index (χ4v) is 1.99. The van der Waals surface area contributed by atoms with Gasteiger partial charge in [-0.15, -0.1) is 0 Å². The van der Waals surface area contributed by atoms with Crippen LogP contribution in [0.3, 0.4) is 0 Å². The Kier molecular flexibility index (Phi) is 3.84. The molecule has 0 saturated carbocycles. The molecule has 102 valence electrons. The van der Waals surface area contributed by atoms with E-state index in [1.54, 1.807) is 12.1 Å². The number of carbonyl (C=O) groups excluding carboxylic acids is 1. The molecule has 4 heteroatoms. The molecule has 0 bridgehead atoms. The molecule has 0 aromatic heterocycles. The maximum Gasteiger partial charge on any atom is 0.335 e. The van der Waals surface area contributed by atoms with Gasteiger partial charge in [-0.3, -0.25) is 4.79 Å². The zero-order valence-electron chi connectivity index (χ0n) is 11.3. The Morgan fingerprint density at radius 3 is 2.10 bits per heavy atom. The number of aryl methyl sites for hydroxylation is 2. The number of hydrogen-bond donors (Lipinski definition) is 2. The van der Waals surface area contributed by atoms with Gasteiger partial charge in [0.15, 0.2) is 0 Å². The molecule has 0 radical (unpaired) electrons.